The molecule has 0 saturated heterocycles. The Balaban J connectivity index is 0.00000220. The number of pyridine rings is 1. The highest BCUT2D eigenvalue weighted by atomic mass is 127. The zero-order chi connectivity index (χ0) is 14.2. The van der Waals surface area contributed by atoms with E-state index in [1.807, 2.05) is 42.2 Å². The molecule has 0 aliphatic carbocycles. The van der Waals surface area contributed by atoms with Crippen molar-refractivity contribution in [2.45, 2.75) is 13.0 Å². The number of hydrogen-bond acceptors (Lipinski definition) is 3. The lowest BCUT2D eigenvalue weighted by molar-refractivity contribution is 0.683. The molecule has 0 aliphatic heterocycles. The van der Waals surface area contributed by atoms with Crippen LogP contribution in [-0.2, 0) is 20.0 Å². The van der Waals surface area contributed by atoms with E-state index in [1.54, 1.807) is 13.2 Å². The van der Waals surface area contributed by atoms with E-state index in [-0.39, 0.29) is 24.0 Å². The SMILES string of the molecule is CN=C(NCCc1ccccn1)NCc1ccnn1C.I. The Kier molecular flexibility index (Phi) is 7.73. The molecular weight excluding hydrogens is 379 g/mol. The lowest BCUT2D eigenvalue weighted by Gasteiger charge is -2.11. The number of hydrogen-bond donors (Lipinski definition) is 2. The summed E-state index contributed by atoms with van der Waals surface area (Å²) >= 11 is 0. The van der Waals surface area contributed by atoms with Gasteiger partial charge in [0.2, 0.25) is 0 Å². The summed E-state index contributed by atoms with van der Waals surface area (Å²) < 4.78 is 1.84. The maximum absolute atomic E-state index is 4.29. The average molecular weight is 400 g/mol. The summed E-state index contributed by atoms with van der Waals surface area (Å²) in [5, 5.41) is 10.7. The molecule has 0 fully saturated rings. The molecular formula is C14H21IN6. The molecule has 0 aliphatic rings. The molecule has 0 unspecified atom stereocenters. The summed E-state index contributed by atoms with van der Waals surface area (Å²) in [5.41, 5.74) is 2.18. The minimum Gasteiger partial charge on any atom is -0.356 e. The highest BCUT2D eigenvalue weighted by molar-refractivity contribution is 14.0. The van der Waals surface area contributed by atoms with Crippen LogP contribution in [0.5, 0.6) is 0 Å². The molecule has 6 nitrogen and oxygen atoms in total. The van der Waals surface area contributed by atoms with Crippen LogP contribution in [0.15, 0.2) is 41.7 Å². The smallest absolute Gasteiger partial charge is 0.191 e. The summed E-state index contributed by atoms with van der Waals surface area (Å²) in [6.07, 6.45) is 4.46. The van der Waals surface area contributed by atoms with Gasteiger partial charge in [-0.25, -0.2) is 0 Å². The largest absolute Gasteiger partial charge is 0.356 e. The van der Waals surface area contributed by atoms with Crippen LogP contribution in [-0.4, -0.2) is 34.3 Å². The molecule has 0 spiro atoms. The first-order chi connectivity index (χ1) is 9.79. The van der Waals surface area contributed by atoms with E-state index >= 15 is 0 Å². The van der Waals surface area contributed by atoms with E-state index in [0.717, 1.165) is 30.3 Å². The molecule has 0 atom stereocenters. The van der Waals surface area contributed by atoms with Crippen LogP contribution in [0.1, 0.15) is 11.4 Å². The molecule has 2 rings (SSSR count). The van der Waals surface area contributed by atoms with Gasteiger partial charge in [0.25, 0.3) is 0 Å². The van der Waals surface area contributed by atoms with Gasteiger partial charge in [0, 0.05) is 45.1 Å². The molecule has 2 aromatic rings. The van der Waals surface area contributed by atoms with Crippen LogP contribution in [0.2, 0.25) is 0 Å². The van der Waals surface area contributed by atoms with Crippen molar-refractivity contribution in [1.82, 2.24) is 25.4 Å². The number of nitrogens with one attached hydrogen (secondary N) is 2. The molecule has 0 radical (unpaired) electrons. The van der Waals surface area contributed by atoms with Gasteiger partial charge < -0.3 is 10.6 Å². The van der Waals surface area contributed by atoms with E-state index < -0.39 is 0 Å². The van der Waals surface area contributed by atoms with E-state index in [2.05, 4.69) is 25.7 Å². The minimum atomic E-state index is 0. The Hall–Kier alpha value is -1.64. The number of aryl methyl sites for hydroxylation is 1. The Morgan fingerprint density at radius 3 is 2.71 bits per heavy atom. The average Bonchev–Trinajstić information content (AvgIpc) is 2.89. The molecule has 2 heterocycles. The van der Waals surface area contributed by atoms with Crippen molar-refractivity contribution in [2.75, 3.05) is 13.6 Å². The van der Waals surface area contributed by atoms with Crippen LogP contribution in [0.3, 0.4) is 0 Å². The van der Waals surface area contributed by atoms with Crippen molar-refractivity contribution < 1.29 is 0 Å². The number of aliphatic imine (C=N–C) groups is 1. The van der Waals surface area contributed by atoms with Crippen molar-refractivity contribution in [1.29, 1.82) is 0 Å². The highest BCUT2D eigenvalue weighted by Gasteiger charge is 2.01. The zero-order valence-electron chi connectivity index (χ0n) is 12.3. The predicted molar refractivity (Wildman–Crippen MR) is 94.8 cm³/mol. The molecule has 114 valence electrons. The van der Waals surface area contributed by atoms with Gasteiger partial charge >= 0.3 is 0 Å². The van der Waals surface area contributed by atoms with Crippen LogP contribution < -0.4 is 10.6 Å². The van der Waals surface area contributed by atoms with Gasteiger partial charge in [-0.1, -0.05) is 6.07 Å². The molecule has 0 saturated carbocycles. The van der Waals surface area contributed by atoms with Crippen molar-refractivity contribution in [3.63, 3.8) is 0 Å². The number of rotatable bonds is 5. The van der Waals surface area contributed by atoms with Crippen molar-refractivity contribution >= 4 is 29.9 Å². The summed E-state index contributed by atoms with van der Waals surface area (Å²) in [5.74, 6) is 0.780. The first-order valence-electron chi connectivity index (χ1n) is 6.61. The molecule has 21 heavy (non-hydrogen) atoms. The molecule has 0 amide bonds. The van der Waals surface area contributed by atoms with E-state index in [9.17, 15) is 0 Å². The van der Waals surface area contributed by atoms with Gasteiger partial charge in [0.1, 0.15) is 0 Å². The van der Waals surface area contributed by atoms with Crippen molar-refractivity contribution in [3.05, 3.63) is 48.0 Å². The van der Waals surface area contributed by atoms with Gasteiger partial charge in [-0.2, -0.15) is 5.10 Å². The predicted octanol–water partition coefficient (Wildman–Crippen LogP) is 1.34. The number of halogens is 1. The third kappa shape index (κ3) is 5.70. The van der Waals surface area contributed by atoms with Gasteiger partial charge in [-0.3, -0.25) is 14.7 Å². The van der Waals surface area contributed by atoms with Gasteiger partial charge in [-0.05, 0) is 18.2 Å². The number of aromatic nitrogens is 3. The zero-order valence-corrected chi connectivity index (χ0v) is 14.6. The van der Waals surface area contributed by atoms with Gasteiger partial charge in [-0.15, -0.1) is 24.0 Å². The first kappa shape index (κ1) is 17.4. The van der Waals surface area contributed by atoms with Crippen molar-refractivity contribution in [2.24, 2.45) is 12.0 Å². The Morgan fingerprint density at radius 2 is 2.10 bits per heavy atom. The van der Waals surface area contributed by atoms with Crippen LogP contribution in [0.25, 0.3) is 0 Å². The third-order valence-corrected chi connectivity index (χ3v) is 2.98. The van der Waals surface area contributed by atoms with Crippen LogP contribution >= 0.6 is 24.0 Å². The Labute approximate surface area is 142 Å². The molecule has 7 heteroatoms. The van der Waals surface area contributed by atoms with Crippen LogP contribution in [0, 0.1) is 0 Å². The normalized spacial score (nSPS) is 10.9. The van der Waals surface area contributed by atoms with Crippen molar-refractivity contribution in [3.8, 4) is 0 Å². The summed E-state index contributed by atoms with van der Waals surface area (Å²) in [6, 6.07) is 7.92. The molecule has 2 aromatic heterocycles. The highest BCUT2D eigenvalue weighted by Crippen LogP contribution is 1.95. The maximum atomic E-state index is 4.29. The fourth-order valence-electron chi connectivity index (χ4n) is 1.82. The Morgan fingerprint density at radius 1 is 1.24 bits per heavy atom. The first-order valence-corrected chi connectivity index (χ1v) is 6.61. The van der Waals surface area contributed by atoms with Gasteiger partial charge in [0.05, 0.1) is 12.2 Å². The summed E-state index contributed by atoms with van der Waals surface area (Å²) in [4.78, 5) is 8.48. The lowest BCUT2D eigenvalue weighted by atomic mass is 10.3. The van der Waals surface area contributed by atoms with Crippen LogP contribution in [0.4, 0.5) is 0 Å². The molecule has 2 N–H and O–H groups in total. The molecule has 0 bridgehead atoms. The monoisotopic (exact) mass is 400 g/mol. The fourth-order valence-corrected chi connectivity index (χ4v) is 1.82. The quantitative estimate of drug-likeness (QED) is 0.452. The molecule has 0 aromatic carbocycles. The topological polar surface area (TPSA) is 67.1 Å². The minimum absolute atomic E-state index is 0. The van der Waals surface area contributed by atoms with E-state index in [4.69, 9.17) is 0 Å². The second-order valence-corrected chi connectivity index (χ2v) is 4.37. The maximum Gasteiger partial charge on any atom is 0.191 e. The lowest BCUT2D eigenvalue weighted by Crippen LogP contribution is -2.38. The Bertz CT molecular complexity index is 552. The van der Waals surface area contributed by atoms with E-state index in [0.29, 0.717) is 6.54 Å². The van der Waals surface area contributed by atoms with E-state index in [1.165, 1.54) is 0 Å². The summed E-state index contributed by atoms with van der Waals surface area (Å²) in [6.45, 7) is 1.49. The summed E-state index contributed by atoms with van der Waals surface area (Å²) in [7, 11) is 3.69. The standard InChI is InChI=1S/C14H20N6.HI/c1-15-14(18-11-13-7-10-19-20(13)2)17-9-6-12-5-3-4-8-16-12;/h3-5,7-8,10H,6,9,11H2,1-2H3,(H2,15,17,18);1H. The number of nitrogens with zero attached hydrogens (tertiary/aromatic N) is 4. The third-order valence-electron chi connectivity index (χ3n) is 2.98. The fraction of sp³-hybridized carbons (Fsp3) is 0.357. The number of guanidine groups is 1. The van der Waals surface area contributed by atoms with Gasteiger partial charge in [0.15, 0.2) is 5.96 Å². The second-order valence-electron chi connectivity index (χ2n) is 4.37. The second kappa shape index (κ2) is 9.32.